The molecule has 2 saturated heterocycles. The number of hydrogen-bond acceptors (Lipinski definition) is 8. The number of nitrogens with zero attached hydrogens (tertiary/aromatic N) is 4. The molecule has 2 aliphatic heterocycles. The maximum absolute atomic E-state index is 13.4. The molecule has 3 aromatic rings. The van der Waals surface area contributed by atoms with Crippen LogP contribution < -0.4 is 0 Å². The molecule has 0 N–H and O–H groups in total. The first-order valence-corrected chi connectivity index (χ1v) is 14.0. The summed E-state index contributed by atoms with van der Waals surface area (Å²) >= 11 is 1.47. The van der Waals surface area contributed by atoms with E-state index in [2.05, 4.69) is 10.1 Å². The van der Waals surface area contributed by atoms with E-state index in [1.165, 1.54) is 11.3 Å². The lowest BCUT2D eigenvalue weighted by Gasteiger charge is -2.31. The van der Waals surface area contributed by atoms with Gasteiger partial charge in [0, 0.05) is 36.5 Å². The maximum Gasteiger partial charge on any atom is 0.329 e. The van der Waals surface area contributed by atoms with Gasteiger partial charge in [0.2, 0.25) is 0 Å². The van der Waals surface area contributed by atoms with E-state index in [0.717, 1.165) is 29.8 Å². The number of aromatic nitrogens is 2. The minimum atomic E-state index is -0.550. The average molecular weight is 537 g/mol. The van der Waals surface area contributed by atoms with E-state index in [1.54, 1.807) is 31.1 Å². The first-order valence-electron chi connectivity index (χ1n) is 13.1. The summed E-state index contributed by atoms with van der Waals surface area (Å²) in [6.07, 6.45) is 2.67. The number of esters is 1. The molecule has 0 saturated carbocycles. The summed E-state index contributed by atoms with van der Waals surface area (Å²) in [7, 11) is 0. The number of amides is 2. The van der Waals surface area contributed by atoms with Gasteiger partial charge < -0.3 is 19.1 Å². The van der Waals surface area contributed by atoms with Crippen molar-refractivity contribution in [2.24, 2.45) is 0 Å². The Labute approximate surface area is 225 Å². The number of thiazole rings is 1. The van der Waals surface area contributed by atoms with E-state index < -0.39 is 6.04 Å². The Bertz CT molecular complexity index is 1310. The highest BCUT2D eigenvalue weighted by molar-refractivity contribution is 7.09. The predicted octanol–water partition coefficient (Wildman–Crippen LogP) is 4.68. The second kappa shape index (κ2) is 11.1. The van der Waals surface area contributed by atoms with E-state index in [9.17, 15) is 14.4 Å². The molecule has 0 aliphatic carbocycles. The number of benzene rings is 1. The van der Waals surface area contributed by atoms with Crippen LogP contribution in [-0.4, -0.2) is 69.5 Å². The zero-order valence-electron chi connectivity index (χ0n) is 21.9. The zero-order chi connectivity index (χ0) is 26.8. The van der Waals surface area contributed by atoms with Gasteiger partial charge in [-0.15, -0.1) is 11.3 Å². The van der Waals surface area contributed by atoms with Gasteiger partial charge in [-0.25, -0.2) is 9.78 Å². The molecule has 4 heterocycles. The average Bonchev–Trinajstić information content (AvgIpc) is 3.68. The standard InChI is InChI=1S/C28H32N4O5S/c1-17(2)36-28(35)22-10-7-13-32(22)26(33)21-16-38-25(29-21)20-11-14-31(15-12-20)27(34)23-18(3)37-30-24(23)19-8-5-4-6-9-19/h4-6,8-9,16-17,20,22H,7,10-15H2,1-3H3. The summed E-state index contributed by atoms with van der Waals surface area (Å²) in [5.41, 5.74) is 2.30. The summed E-state index contributed by atoms with van der Waals surface area (Å²) in [6.45, 7) is 7.07. The van der Waals surface area contributed by atoms with Gasteiger partial charge in [-0.1, -0.05) is 35.5 Å². The molecule has 1 unspecified atom stereocenters. The Morgan fingerprint density at radius 3 is 2.50 bits per heavy atom. The van der Waals surface area contributed by atoms with Gasteiger partial charge in [0.05, 0.1) is 11.1 Å². The van der Waals surface area contributed by atoms with E-state index in [4.69, 9.17) is 9.26 Å². The lowest BCUT2D eigenvalue weighted by Crippen LogP contribution is -2.42. The van der Waals surface area contributed by atoms with Crippen molar-refractivity contribution in [1.82, 2.24) is 19.9 Å². The Morgan fingerprint density at radius 1 is 1.05 bits per heavy atom. The van der Waals surface area contributed by atoms with E-state index in [1.807, 2.05) is 35.2 Å². The fourth-order valence-corrected chi connectivity index (χ4v) is 6.16. The summed E-state index contributed by atoms with van der Waals surface area (Å²) in [6, 6.07) is 9.02. The third-order valence-corrected chi connectivity index (χ3v) is 8.14. The second-order valence-electron chi connectivity index (χ2n) is 10.1. The fraction of sp³-hybridized carbons (Fsp3) is 0.464. The van der Waals surface area contributed by atoms with Crippen LogP contribution in [0.3, 0.4) is 0 Å². The highest BCUT2D eigenvalue weighted by Crippen LogP contribution is 2.33. The number of likely N-dealkylation sites (tertiary alicyclic amines) is 2. The molecular weight excluding hydrogens is 504 g/mol. The van der Waals surface area contributed by atoms with Crippen molar-refractivity contribution >= 4 is 29.1 Å². The molecule has 1 atom stereocenters. The normalized spacial score (nSPS) is 18.3. The summed E-state index contributed by atoms with van der Waals surface area (Å²) in [5.74, 6) is 0.0283. The first-order chi connectivity index (χ1) is 18.3. The molecule has 2 aliphatic rings. The number of hydrogen-bond donors (Lipinski definition) is 0. The third kappa shape index (κ3) is 5.22. The van der Waals surface area contributed by atoms with Gasteiger partial charge in [-0.3, -0.25) is 9.59 Å². The third-order valence-electron chi connectivity index (χ3n) is 7.13. The molecule has 200 valence electrons. The van der Waals surface area contributed by atoms with Crippen molar-refractivity contribution in [2.75, 3.05) is 19.6 Å². The monoisotopic (exact) mass is 536 g/mol. The van der Waals surface area contributed by atoms with E-state index in [0.29, 0.717) is 48.8 Å². The number of ether oxygens (including phenoxy) is 1. The quantitative estimate of drug-likeness (QED) is 0.421. The molecule has 0 radical (unpaired) electrons. The topological polar surface area (TPSA) is 106 Å². The number of aryl methyl sites for hydroxylation is 1. The van der Waals surface area contributed by atoms with Crippen molar-refractivity contribution in [2.45, 2.75) is 64.5 Å². The largest absolute Gasteiger partial charge is 0.461 e. The predicted molar refractivity (Wildman–Crippen MR) is 142 cm³/mol. The van der Waals surface area contributed by atoms with Crippen molar-refractivity contribution in [1.29, 1.82) is 0 Å². The van der Waals surface area contributed by atoms with Crippen molar-refractivity contribution in [3.05, 3.63) is 57.7 Å². The van der Waals surface area contributed by atoms with Crippen LogP contribution >= 0.6 is 11.3 Å². The van der Waals surface area contributed by atoms with Crippen LogP contribution in [-0.2, 0) is 9.53 Å². The van der Waals surface area contributed by atoms with E-state index in [-0.39, 0.29) is 29.8 Å². The highest BCUT2D eigenvalue weighted by atomic mass is 32.1. The van der Waals surface area contributed by atoms with Crippen LogP contribution in [0, 0.1) is 6.92 Å². The lowest BCUT2D eigenvalue weighted by molar-refractivity contribution is -0.152. The first kappa shape index (κ1) is 26.1. The van der Waals surface area contributed by atoms with Crippen LogP contribution in [0.5, 0.6) is 0 Å². The molecule has 38 heavy (non-hydrogen) atoms. The summed E-state index contributed by atoms with van der Waals surface area (Å²) in [5, 5.41) is 6.83. The number of carbonyl (C=O) groups is 3. The van der Waals surface area contributed by atoms with Crippen LogP contribution in [0.25, 0.3) is 11.3 Å². The van der Waals surface area contributed by atoms with E-state index >= 15 is 0 Å². The Kier molecular flexibility index (Phi) is 7.60. The molecule has 9 nitrogen and oxygen atoms in total. The highest BCUT2D eigenvalue weighted by Gasteiger charge is 2.37. The second-order valence-corrected chi connectivity index (χ2v) is 11.0. The molecule has 0 spiro atoms. The van der Waals surface area contributed by atoms with Crippen LogP contribution in [0.15, 0.2) is 40.2 Å². The molecular formula is C28H32N4O5S. The van der Waals surface area contributed by atoms with Gasteiger partial charge >= 0.3 is 5.97 Å². The summed E-state index contributed by atoms with van der Waals surface area (Å²) < 4.78 is 10.7. The molecule has 1 aromatic carbocycles. The van der Waals surface area contributed by atoms with Crippen molar-refractivity contribution < 1.29 is 23.6 Å². The van der Waals surface area contributed by atoms with Crippen LogP contribution in [0.1, 0.15) is 77.1 Å². The van der Waals surface area contributed by atoms with Crippen LogP contribution in [0.4, 0.5) is 0 Å². The minimum absolute atomic E-state index is 0.0792. The zero-order valence-corrected chi connectivity index (χ0v) is 22.7. The van der Waals surface area contributed by atoms with Crippen molar-refractivity contribution in [3.8, 4) is 11.3 Å². The van der Waals surface area contributed by atoms with Gasteiger partial charge in [0.1, 0.15) is 28.8 Å². The van der Waals surface area contributed by atoms with Gasteiger partial charge in [-0.2, -0.15) is 0 Å². The van der Waals surface area contributed by atoms with Gasteiger partial charge in [-0.05, 0) is 46.5 Å². The number of carbonyl (C=O) groups excluding carboxylic acids is 3. The maximum atomic E-state index is 13.4. The summed E-state index contributed by atoms with van der Waals surface area (Å²) in [4.78, 5) is 47.2. The Hall–Kier alpha value is -3.53. The van der Waals surface area contributed by atoms with Crippen molar-refractivity contribution in [3.63, 3.8) is 0 Å². The molecule has 5 rings (SSSR count). The van der Waals surface area contributed by atoms with Gasteiger partial charge in [0.25, 0.3) is 11.8 Å². The molecule has 0 bridgehead atoms. The van der Waals surface area contributed by atoms with Gasteiger partial charge in [0.15, 0.2) is 0 Å². The number of piperidine rings is 1. The Balaban J connectivity index is 1.22. The fourth-order valence-electron chi connectivity index (χ4n) is 5.19. The molecule has 2 fully saturated rings. The SMILES string of the molecule is Cc1onc(-c2ccccc2)c1C(=O)N1CCC(c2nc(C(=O)N3CCCC3C(=O)OC(C)C)cs2)CC1. The molecule has 2 aromatic heterocycles. The number of rotatable bonds is 6. The molecule has 10 heteroatoms. The lowest BCUT2D eigenvalue weighted by atomic mass is 9.96. The minimum Gasteiger partial charge on any atom is -0.461 e. The Morgan fingerprint density at radius 2 is 1.79 bits per heavy atom. The van der Waals surface area contributed by atoms with Crippen LogP contribution in [0.2, 0.25) is 0 Å². The molecule has 2 amide bonds. The smallest absolute Gasteiger partial charge is 0.329 e.